The van der Waals surface area contributed by atoms with Gasteiger partial charge in [-0.1, -0.05) is 0 Å². The summed E-state index contributed by atoms with van der Waals surface area (Å²) in [5.41, 5.74) is 12.9. The van der Waals surface area contributed by atoms with E-state index < -0.39 is 0 Å². The summed E-state index contributed by atoms with van der Waals surface area (Å²) in [7, 11) is 0. The molecule has 4 nitrogen and oxygen atoms in total. The summed E-state index contributed by atoms with van der Waals surface area (Å²) in [6.07, 6.45) is 4.26. The molecular weight excluding hydrogens is 344 g/mol. The molecule has 5 heterocycles. The highest BCUT2D eigenvalue weighted by molar-refractivity contribution is 5.86. The van der Waals surface area contributed by atoms with Gasteiger partial charge in [0.15, 0.2) is 0 Å². The number of nitrogens with zero attached hydrogens (tertiary/aromatic N) is 2. The zero-order chi connectivity index (χ0) is 19.4. The lowest BCUT2D eigenvalue weighted by Crippen LogP contribution is -1.78. The molecule has 0 spiro atoms. The summed E-state index contributed by atoms with van der Waals surface area (Å²) in [6, 6.07) is 12.8. The molecule has 2 aliphatic heterocycles. The smallest absolute Gasteiger partial charge is 0.0687 e. The van der Waals surface area contributed by atoms with Crippen LogP contribution >= 0.6 is 0 Å². The molecule has 0 aliphatic carbocycles. The van der Waals surface area contributed by atoms with Gasteiger partial charge in [-0.25, -0.2) is 9.97 Å². The first-order valence-corrected chi connectivity index (χ1v) is 9.51. The molecule has 0 saturated carbocycles. The van der Waals surface area contributed by atoms with Gasteiger partial charge >= 0.3 is 0 Å². The maximum absolute atomic E-state index is 4.82. The minimum absolute atomic E-state index is 0.962. The lowest BCUT2D eigenvalue weighted by atomic mass is 10.2. The fourth-order valence-corrected chi connectivity index (χ4v) is 3.80. The van der Waals surface area contributed by atoms with Crippen LogP contribution < -0.4 is 0 Å². The van der Waals surface area contributed by atoms with Crippen LogP contribution in [0.1, 0.15) is 47.8 Å². The van der Waals surface area contributed by atoms with E-state index in [0.717, 1.165) is 44.8 Å². The predicted octanol–water partition coefficient (Wildman–Crippen LogP) is 6.05. The fourth-order valence-electron chi connectivity index (χ4n) is 3.80. The highest BCUT2D eigenvalue weighted by Crippen LogP contribution is 2.25. The molecule has 0 fully saturated rings. The SMILES string of the molecule is CC1=Cc2cc3[nH]c(cc4nc(cc5[nH]c(cc1n2)cc5C)C(C)=C4)cc3C. The van der Waals surface area contributed by atoms with Gasteiger partial charge in [-0.2, -0.15) is 0 Å². The van der Waals surface area contributed by atoms with Crippen molar-refractivity contribution in [3.05, 3.63) is 70.3 Å². The van der Waals surface area contributed by atoms with E-state index in [9.17, 15) is 0 Å². The van der Waals surface area contributed by atoms with Crippen molar-refractivity contribution in [2.45, 2.75) is 27.7 Å². The molecule has 2 N–H and O–H groups in total. The first-order chi connectivity index (χ1) is 13.4. The van der Waals surface area contributed by atoms with Crippen LogP contribution in [0, 0.1) is 13.8 Å². The number of allylic oxidation sites excluding steroid dienone is 2. The van der Waals surface area contributed by atoms with Gasteiger partial charge in [-0.05, 0) is 98.5 Å². The monoisotopic (exact) mass is 366 g/mol. The Morgan fingerprint density at radius 3 is 1.71 bits per heavy atom. The Bertz CT molecular complexity index is 1350. The zero-order valence-corrected chi connectivity index (χ0v) is 16.5. The van der Waals surface area contributed by atoms with Crippen LogP contribution in [-0.4, -0.2) is 19.9 Å². The number of aryl methyl sites for hydroxylation is 2. The summed E-state index contributed by atoms with van der Waals surface area (Å²) < 4.78 is 0. The summed E-state index contributed by atoms with van der Waals surface area (Å²) in [6.45, 7) is 8.44. The molecule has 3 aromatic heterocycles. The maximum atomic E-state index is 4.82. The number of fused-ring (bicyclic) bond motifs is 8. The molecule has 0 saturated heterocycles. The van der Waals surface area contributed by atoms with Crippen LogP contribution in [0.4, 0.5) is 0 Å². The highest BCUT2D eigenvalue weighted by Gasteiger charge is 2.09. The van der Waals surface area contributed by atoms with Gasteiger partial charge < -0.3 is 9.97 Å². The van der Waals surface area contributed by atoms with E-state index in [2.05, 4.69) is 86.2 Å². The summed E-state index contributed by atoms with van der Waals surface area (Å²) in [4.78, 5) is 16.6. The van der Waals surface area contributed by atoms with E-state index in [1.807, 2.05) is 0 Å². The number of aromatic amines is 2. The first-order valence-electron chi connectivity index (χ1n) is 9.51. The Labute approximate surface area is 163 Å². The normalized spacial score (nSPS) is 13.4. The molecule has 8 bridgehead atoms. The second-order valence-electron chi connectivity index (χ2n) is 7.72. The van der Waals surface area contributed by atoms with Gasteiger partial charge in [0.25, 0.3) is 0 Å². The number of hydrogen-bond acceptors (Lipinski definition) is 2. The van der Waals surface area contributed by atoms with Crippen LogP contribution in [0.2, 0.25) is 0 Å². The minimum atomic E-state index is 0.962. The van der Waals surface area contributed by atoms with Gasteiger partial charge in [0.2, 0.25) is 0 Å². The lowest BCUT2D eigenvalue weighted by molar-refractivity contribution is 1.30. The molecule has 4 heteroatoms. The van der Waals surface area contributed by atoms with E-state index in [0.29, 0.717) is 0 Å². The Morgan fingerprint density at radius 2 is 1.07 bits per heavy atom. The van der Waals surface area contributed by atoms with Crippen molar-refractivity contribution < 1.29 is 0 Å². The number of aromatic nitrogens is 4. The van der Waals surface area contributed by atoms with E-state index in [-0.39, 0.29) is 0 Å². The van der Waals surface area contributed by atoms with Gasteiger partial charge in [-0.15, -0.1) is 0 Å². The van der Waals surface area contributed by atoms with Crippen molar-refractivity contribution in [1.82, 2.24) is 19.9 Å². The molecule has 5 rings (SSSR count). The van der Waals surface area contributed by atoms with E-state index in [1.165, 1.54) is 22.3 Å². The van der Waals surface area contributed by atoms with E-state index in [1.54, 1.807) is 0 Å². The average molecular weight is 366 g/mol. The van der Waals surface area contributed by atoms with Crippen molar-refractivity contribution in [3.63, 3.8) is 0 Å². The Kier molecular flexibility index (Phi) is 3.63. The Morgan fingerprint density at radius 1 is 0.571 bits per heavy atom. The summed E-state index contributed by atoms with van der Waals surface area (Å²) in [5.74, 6) is 0. The van der Waals surface area contributed by atoms with Crippen molar-refractivity contribution in [3.8, 4) is 0 Å². The second-order valence-corrected chi connectivity index (χ2v) is 7.72. The summed E-state index contributed by atoms with van der Waals surface area (Å²) in [5, 5.41) is 0. The van der Waals surface area contributed by atoms with Gasteiger partial charge in [0.1, 0.15) is 0 Å². The molecular formula is C24H22N4. The maximum Gasteiger partial charge on any atom is 0.0687 e. The van der Waals surface area contributed by atoms with Gasteiger partial charge in [0, 0.05) is 22.1 Å². The molecule has 28 heavy (non-hydrogen) atoms. The van der Waals surface area contributed by atoms with Crippen LogP contribution in [0.15, 0.2) is 36.4 Å². The molecule has 138 valence electrons. The molecule has 0 radical (unpaired) electrons. The summed E-state index contributed by atoms with van der Waals surface area (Å²) >= 11 is 0. The molecule has 0 amide bonds. The molecule has 3 aromatic rings. The average Bonchev–Trinajstić information content (AvgIpc) is 3.33. The second kappa shape index (κ2) is 6.06. The number of H-pyrrole nitrogens is 2. The molecule has 2 aliphatic rings. The molecule has 0 aromatic carbocycles. The van der Waals surface area contributed by atoms with Crippen LogP contribution in [0.5, 0.6) is 0 Å². The van der Waals surface area contributed by atoms with Crippen LogP contribution in [0.25, 0.3) is 45.4 Å². The van der Waals surface area contributed by atoms with Crippen LogP contribution in [0.3, 0.4) is 0 Å². The third-order valence-electron chi connectivity index (χ3n) is 5.36. The number of hydrogen-bond donors (Lipinski definition) is 2. The lowest BCUT2D eigenvalue weighted by Gasteiger charge is -1.91. The minimum Gasteiger partial charge on any atom is -0.355 e. The largest absolute Gasteiger partial charge is 0.355 e. The first kappa shape index (κ1) is 16.8. The highest BCUT2D eigenvalue weighted by atomic mass is 14.8. The van der Waals surface area contributed by atoms with Crippen molar-refractivity contribution >= 4 is 45.4 Å². The van der Waals surface area contributed by atoms with E-state index >= 15 is 0 Å². The predicted molar refractivity (Wildman–Crippen MR) is 118 cm³/mol. The third-order valence-corrected chi connectivity index (χ3v) is 5.36. The molecule has 0 atom stereocenters. The Balaban J connectivity index is 1.91. The fraction of sp³-hybridized carbons (Fsp3) is 0.167. The van der Waals surface area contributed by atoms with Gasteiger partial charge in [0.05, 0.1) is 22.8 Å². The molecule has 0 unspecified atom stereocenters. The third kappa shape index (κ3) is 2.87. The van der Waals surface area contributed by atoms with Crippen molar-refractivity contribution in [2.75, 3.05) is 0 Å². The Hall–Kier alpha value is -3.40. The van der Waals surface area contributed by atoms with Crippen LogP contribution in [-0.2, 0) is 0 Å². The zero-order valence-electron chi connectivity index (χ0n) is 16.5. The van der Waals surface area contributed by atoms with Gasteiger partial charge in [-0.3, -0.25) is 0 Å². The number of rotatable bonds is 0. The topological polar surface area (TPSA) is 57.4 Å². The van der Waals surface area contributed by atoms with E-state index in [4.69, 9.17) is 9.97 Å². The standard InChI is InChI=1S/C24H22N4/c1-13-5-17-9-18-6-15(3)23(26-18)12-24-16(4)8-20(28-24)11-22-14(2)7-19(27-22)10-21(13)25-17/h5-12,25,28H,1-4H3. The number of nitrogens with one attached hydrogen (secondary N) is 2. The van der Waals surface area contributed by atoms with Crippen molar-refractivity contribution in [2.24, 2.45) is 0 Å². The van der Waals surface area contributed by atoms with Crippen molar-refractivity contribution in [1.29, 1.82) is 0 Å². The quantitative estimate of drug-likeness (QED) is 0.508.